The van der Waals surface area contributed by atoms with Gasteiger partial charge in [0.2, 0.25) is 0 Å². The number of benzene rings is 1. The predicted molar refractivity (Wildman–Crippen MR) is 59.9 cm³/mol. The van der Waals surface area contributed by atoms with Crippen LogP contribution < -0.4 is 11.1 Å². The van der Waals surface area contributed by atoms with Crippen LogP contribution in [0.15, 0.2) is 24.3 Å². The number of hydrogen-bond acceptors (Lipinski definition) is 4. The Morgan fingerprint density at radius 3 is 3.00 bits per heavy atom. The van der Waals surface area contributed by atoms with Gasteiger partial charge < -0.3 is 15.8 Å². The van der Waals surface area contributed by atoms with Crippen LogP contribution >= 0.6 is 0 Å². The zero-order chi connectivity index (χ0) is 11.1. The third kappa shape index (κ3) is 3.59. The Balaban J connectivity index is 2.69. The number of carbonyl (C=O) groups is 1. The fourth-order valence-corrected chi connectivity index (χ4v) is 1.19. The summed E-state index contributed by atoms with van der Waals surface area (Å²) in [7, 11) is 0. The largest absolute Gasteiger partial charge is 0.462 e. The molecule has 3 N–H and O–H groups in total. The third-order valence-corrected chi connectivity index (χ3v) is 1.85. The summed E-state index contributed by atoms with van der Waals surface area (Å²) in [5.41, 5.74) is 6.80. The van der Waals surface area contributed by atoms with Crippen molar-refractivity contribution in [3.63, 3.8) is 0 Å². The average Bonchev–Trinajstić information content (AvgIpc) is 2.27. The fourth-order valence-electron chi connectivity index (χ4n) is 1.19. The van der Waals surface area contributed by atoms with E-state index in [0.29, 0.717) is 25.3 Å². The van der Waals surface area contributed by atoms with Gasteiger partial charge in [0.1, 0.15) is 0 Å². The van der Waals surface area contributed by atoms with Crippen molar-refractivity contribution in [1.82, 2.24) is 0 Å². The molecule has 1 rings (SSSR count). The number of carbonyl (C=O) groups excluding carboxylic acids is 1. The molecule has 0 aliphatic heterocycles. The highest BCUT2D eigenvalue weighted by Crippen LogP contribution is 2.11. The quantitative estimate of drug-likeness (QED) is 0.714. The van der Waals surface area contributed by atoms with Crippen molar-refractivity contribution < 1.29 is 9.53 Å². The second-order valence-corrected chi connectivity index (χ2v) is 3.02. The zero-order valence-corrected chi connectivity index (χ0v) is 8.82. The zero-order valence-electron chi connectivity index (χ0n) is 8.82. The molecule has 82 valence electrons. The molecule has 0 bridgehead atoms. The van der Waals surface area contributed by atoms with Crippen molar-refractivity contribution in [2.75, 3.05) is 25.0 Å². The van der Waals surface area contributed by atoms with E-state index in [1.165, 1.54) is 0 Å². The maximum absolute atomic E-state index is 11.4. The van der Waals surface area contributed by atoms with Gasteiger partial charge in [0.15, 0.2) is 0 Å². The number of ether oxygens (including phenoxy) is 1. The van der Waals surface area contributed by atoms with Gasteiger partial charge in [0, 0.05) is 18.8 Å². The highest BCUT2D eigenvalue weighted by molar-refractivity contribution is 5.90. The Morgan fingerprint density at radius 2 is 2.33 bits per heavy atom. The number of hydrogen-bond donors (Lipinski definition) is 2. The van der Waals surface area contributed by atoms with E-state index in [1.54, 1.807) is 19.1 Å². The van der Waals surface area contributed by atoms with E-state index >= 15 is 0 Å². The standard InChI is InChI=1S/C11H16N2O2/c1-2-15-11(14)9-4-3-5-10(8-9)13-7-6-12/h3-5,8,13H,2,6-7,12H2,1H3. The van der Waals surface area contributed by atoms with Crippen LogP contribution in [-0.2, 0) is 4.74 Å². The lowest BCUT2D eigenvalue weighted by atomic mass is 10.2. The Labute approximate surface area is 89.4 Å². The summed E-state index contributed by atoms with van der Waals surface area (Å²) in [6.07, 6.45) is 0. The van der Waals surface area contributed by atoms with Crippen LogP contribution in [0.25, 0.3) is 0 Å². The summed E-state index contributed by atoms with van der Waals surface area (Å²) >= 11 is 0. The van der Waals surface area contributed by atoms with Gasteiger partial charge in [-0.1, -0.05) is 6.07 Å². The molecule has 0 unspecified atom stereocenters. The number of nitrogens with one attached hydrogen (secondary N) is 1. The van der Waals surface area contributed by atoms with Crippen molar-refractivity contribution >= 4 is 11.7 Å². The third-order valence-electron chi connectivity index (χ3n) is 1.85. The van der Waals surface area contributed by atoms with Gasteiger partial charge in [-0.25, -0.2) is 4.79 Å². The first kappa shape index (κ1) is 11.5. The number of nitrogens with two attached hydrogens (primary N) is 1. The lowest BCUT2D eigenvalue weighted by Crippen LogP contribution is -2.13. The maximum atomic E-state index is 11.4. The molecule has 15 heavy (non-hydrogen) atoms. The summed E-state index contributed by atoms with van der Waals surface area (Å²) in [4.78, 5) is 11.4. The Bertz CT molecular complexity index is 326. The summed E-state index contributed by atoms with van der Waals surface area (Å²) in [5, 5.41) is 3.10. The first-order chi connectivity index (χ1) is 7.27. The predicted octanol–water partition coefficient (Wildman–Crippen LogP) is 1.23. The molecule has 0 atom stereocenters. The van der Waals surface area contributed by atoms with Crippen LogP contribution in [0.1, 0.15) is 17.3 Å². The first-order valence-electron chi connectivity index (χ1n) is 4.99. The van der Waals surface area contributed by atoms with Crippen molar-refractivity contribution in [1.29, 1.82) is 0 Å². The molecular weight excluding hydrogens is 192 g/mol. The SMILES string of the molecule is CCOC(=O)c1cccc(NCCN)c1. The summed E-state index contributed by atoms with van der Waals surface area (Å²) in [6.45, 7) is 3.42. The fraction of sp³-hybridized carbons (Fsp3) is 0.364. The minimum absolute atomic E-state index is 0.297. The molecule has 0 aromatic heterocycles. The molecule has 4 heteroatoms. The molecular formula is C11H16N2O2. The monoisotopic (exact) mass is 208 g/mol. The molecule has 1 aromatic rings. The lowest BCUT2D eigenvalue weighted by molar-refractivity contribution is 0.0526. The molecule has 0 aliphatic rings. The Hall–Kier alpha value is -1.55. The van der Waals surface area contributed by atoms with E-state index in [0.717, 1.165) is 5.69 Å². The highest BCUT2D eigenvalue weighted by Gasteiger charge is 2.05. The second-order valence-electron chi connectivity index (χ2n) is 3.02. The summed E-state index contributed by atoms with van der Waals surface area (Å²) < 4.78 is 4.90. The molecule has 0 fully saturated rings. The first-order valence-corrected chi connectivity index (χ1v) is 4.99. The minimum Gasteiger partial charge on any atom is -0.462 e. The molecule has 0 amide bonds. The molecule has 0 heterocycles. The highest BCUT2D eigenvalue weighted by atomic mass is 16.5. The Morgan fingerprint density at radius 1 is 1.53 bits per heavy atom. The number of esters is 1. The van der Waals surface area contributed by atoms with Gasteiger partial charge in [-0.05, 0) is 25.1 Å². The van der Waals surface area contributed by atoms with E-state index in [2.05, 4.69) is 5.32 Å². The van der Waals surface area contributed by atoms with Crippen molar-refractivity contribution in [3.05, 3.63) is 29.8 Å². The minimum atomic E-state index is -0.297. The van der Waals surface area contributed by atoms with Gasteiger partial charge in [-0.3, -0.25) is 0 Å². The van der Waals surface area contributed by atoms with Gasteiger partial charge >= 0.3 is 5.97 Å². The van der Waals surface area contributed by atoms with Crippen molar-refractivity contribution in [3.8, 4) is 0 Å². The molecule has 4 nitrogen and oxygen atoms in total. The van der Waals surface area contributed by atoms with Crippen LogP contribution in [0, 0.1) is 0 Å². The van der Waals surface area contributed by atoms with Crippen LogP contribution in [0.4, 0.5) is 5.69 Å². The smallest absolute Gasteiger partial charge is 0.338 e. The average molecular weight is 208 g/mol. The van der Waals surface area contributed by atoms with Crippen molar-refractivity contribution in [2.45, 2.75) is 6.92 Å². The normalized spacial score (nSPS) is 9.73. The lowest BCUT2D eigenvalue weighted by Gasteiger charge is -2.06. The molecule has 0 saturated carbocycles. The number of rotatable bonds is 5. The molecule has 1 aromatic carbocycles. The van der Waals surface area contributed by atoms with E-state index in [4.69, 9.17) is 10.5 Å². The molecule has 0 spiro atoms. The molecule has 0 radical (unpaired) electrons. The van der Waals surface area contributed by atoms with Crippen LogP contribution in [0.3, 0.4) is 0 Å². The topological polar surface area (TPSA) is 64.3 Å². The van der Waals surface area contributed by atoms with Crippen LogP contribution in [-0.4, -0.2) is 25.7 Å². The van der Waals surface area contributed by atoms with E-state index < -0.39 is 0 Å². The summed E-state index contributed by atoms with van der Waals surface area (Å²) in [6, 6.07) is 7.18. The van der Waals surface area contributed by atoms with Crippen molar-refractivity contribution in [2.24, 2.45) is 5.73 Å². The van der Waals surface area contributed by atoms with E-state index in [1.807, 2.05) is 12.1 Å². The maximum Gasteiger partial charge on any atom is 0.338 e. The van der Waals surface area contributed by atoms with Gasteiger partial charge in [-0.15, -0.1) is 0 Å². The summed E-state index contributed by atoms with van der Waals surface area (Å²) in [5.74, 6) is -0.297. The molecule has 0 aliphatic carbocycles. The van der Waals surface area contributed by atoms with E-state index in [-0.39, 0.29) is 5.97 Å². The second kappa shape index (κ2) is 6.03. The van der Waals surface area contributed by atoms with Gasteiger partial charge in [-0.2, -0.15) is 0 Å². The number of anilines is 1. The van der Waals surface area contributed by atoms with Crippen LogP contribution in [0.2, 0.25) is 0 Å². The Kier molecular flexibility index (Phi) is 4.63. The van der Waals surface area contributed by atoms with Gasteiger partial charge in [0.25, 0.3) is 0 Å². The van der Waals surface area contributed by atoms with Gasteiger partial charge in [0.05, 0.1) is 12.2 Å². The molecule has 0 saturated heterocycles. The van der Waals surface area contributed by atoms with Crippen LogP contribution in [0.5, 0.6) is 0 Å². The van der Waals surface area contributed by atoms with E-state index in [9.17, 15) is 4.79 Å².